The maximum Gasteiger partial charge on any atom is 0.389 e. The quantitative estimate of drug-likeness (QED) is 0.442. The summed E-state index contributed by atoms with van der Waals surface area (Å²) < 4.78 is 57.8. The van der Waals surface area contributed by atoms with Crippen LogP contribution < -0.4 is 10.6 Å². The van der Waals surface area contributed by atoms with Crippen molar-refractivity contribution >= 4 is 36.8 Å². The summed E-state index contributed by atoms with van der Waals surface area (Å²) in [7, 11) is 0. The van der Waals surface area contributed by atoms with Gasteiger partial charge in [0.2, 0.25) is 18.1 Å². The molecule has 0 unspecified atom stereocenters. The van der Waals surface area contributed by atoms with Crippen molar-refractivity contribution in [2.24, 2.45) is 5.73 Å². The van der Waals surface area contributed by atoms with Gasteiger partial charge in [-0.15, -0.1) is 0 Å². The van der Waals surface area contributed by atoms with Crippen LogP contribution in [0, 0.1) is 5.82 Å². The van der Waals surface area contributed by atoms with Gasteiger partial charge in [0.25, 0.3) is 0 Å². The van der Waals surface area contributed by atoms with E-state index in [4.69, 9.17) is 26.9 Å². The fraction of sp³-hybridized carbons (Fsp3) is 0.227. The van der Waals surface area contributed by atoms with Crippen LogP contribution in [0.25, 0.3) is 11.4 Å². The highest BCUT2D eigenvalue weighted by atomic mass is 35.5. The first-order chi connectivity index (χ1) is 16.6. The third kappa shape index (κ3) is 8.81. The molecule has 2 N–H and O–H groups in total. The predicted molar refractivity (Wildman–Crippen MR) is 120 cm³/mol. The fourth-order valence-corrected chi connectivity index (χ4v) is 3.19. The molecule has 0 saturated carbocycles. The van der Waals surface area contributed by atoms with Gasteiger partial charge in [-0.1, -0.05) is 28.9 Å². The topological polar surface area (TPSA) is 119 Å². The molecule has 1 atom stereocenters. The lowest BCUT2D eigenvalue weighted by atomic mass is 10.0. The van der Waals surface area contributed by atoms with Crippen LogP contribution in [0.15, 0.2) is 53.4 Å². The molecule has 2 aromatic carbocycles. The molecule has 35 heavy (non-hydrogen) atoms. The molecule has 0 fully saturated rings. The molecule has 8 nitrogen and oxygen atoms in total. The smallest absolute Gasteiger partial charge is 0.368 e. The molecule has 1 heterocycles. The van der Waals surface area contributed by atoms with E-state index in [1.165, 1.54) is 47.4 Å². The lowest BCUT2D eigenvalue weighted by Gasteiger charge is -2.32. The van der Waals surface area contributed by atoms with E-state index in [1.807, 2.05) is 13.6 Å². The number of aromatic nitrogens is 2. The van der Waals surface area contributed by atoms with Crippen molar-refractivity contribution in [3.63, 3.8) is 0 Å². The number of halogens is 5. The fourth-order valence-electron chi connectivity index (χ4n) is 3.06. The number of benzene rings is 2. The second kappa shape index (κ2) is 13.8. The third-order valence-corrected chi connectivity index (χ3v) is 4.83. The highest BCUT2D eigenvalue weighted by Crippen LogP contribution is 2.29. The van der Waals surface area contributed by atoms with Gasteiger partial charge in [0, 0.05) is 34.8 Å². The summed E-state index contributed by atoms with van der Waals surface area (Å²) >= 11 is 5.89. The third-order valence-electron chi connectivity index (χ3n) is 4.58. The summed E-state index contributed by atoms with van der Waals surface area (Å²) in [6.45, 7) is 3.80. The number of carbonyl (C=O) groups is 3. The van der Waals surface area contributed by atoms with Crippen molar-refractivity contribution in [3.05, 3.63) is 65.3 Å². The Kier molecular flexibility index (Phi) is 11.5. The van der Waals surface area contributed by atoms with Crippen LogP contribution in [-0.2, 0) is 20.9 Å². The molecule has 1 amide bonds. The molecule has 0 aliphatic heterocycles. The zero-order valence-electron chi connectivity index (χ0n) is 18.2. The normalized spacial score (nSPS) is 11.3. The number of hydrogen-bond acceptors (Lipinski definition) is 7. The van der Waals surface area contributed by atoms with E-state index in [0.29, 0.717) is 16.3 Å². The lowest BCUT2D eigenvalue weighted by molar-refractivity contribution is -0.138. The van der Waals surface area contributed by atoms with Crippen molar-refractivity contribution in [2.45, 2.75) is 31.6 Å². The van der Waals surface area contributed by atoms with Crippen molar-refractivity contribution in [2.75, 3.05) is 4.90 Å². The summed E-state index contributed by atoms with van der Waals surface area (Å²) in [5.41, 5.74) is 6.29. The SMILES string of the molecule is C=O.C=O.NC(=O)[C@@H](CCC(F)(F)F)N(Cc1ccc(-c2ncon2)cc1F)c1ccc(Cl)cc1. The monoisotopic (exact) mass is 516 g/mol. The maximum absolute atomic E-state index is 14.8. The van der Waals surface area contributed by atoms with Gasteiger partial charge in [0.15, 0.2) is 0 Å². The zero-order valence-corrected chi connectivity index (χ0v) is 18.9. The minimum atomic E-state index is -4.48. The first-order valence-corrected chi connectivity index (χ1v) is 10.0. The van der Waals surface area contributed by atoms with Crippen LogP contribution in [0.5, 0.6) is 0 Å². The molecule has 1 aromatic heterocycles. The van der Waals surface area contributed by atoms with E-state index in [2.05, 4.69) is 14.7 Å². The van der Waals surface area contributed by atoms with E-state index in [9.17, 15) is 22.4 Å². The van der Waals surface area contributed by atoms with Gasteiger partial charge in [-0.2, -0.15) is 18.2 Å². The number of nitrogens with two attached hydrogens (primary N) is 1. The van der Waals surface area contributed by atoms with Crippen LogP contribution in [0.3, 0.4) is 0 Å². The van der Waals surface area contributed by atoms with Gasteiger partial charge in [0.05, 0.1) is 0 Å². The van der Waals surface area contributed by atoms with Crippen LogP contribution in [0.2, 0.25) is 5.02 Å². The molecule has 0 aliphatic carbocycles. The maximum atomic E-state index is 14.8. The second-order valence-electron chi connectivity index (χ2n) is 6.74. The zero-order chi connectivity index (χ0) is 26.6. The highest BCUT2D eigenvalue weighted by molar-refractivity contribution is 6.30. The van der Waals surface area contributed by atoms with Crippen molar-refractivity contribution < 1.29 is 36.5 Å². The van der Waals surface area contributed by atoms with Gasteiger partial charge in [-0.3, -0.25) is 4.79 Å². The molecule has 0 radical (unpaired) electrons. The van der Waals surface area contributed by atoms with Crippen LogP contribution >= 0.6 is 11.6 Å². The van der Waals surface area contributed by atoms with Gasteiger partial charge < -0.3 is 24.7 Å². The number of carbonyl (C=O) groups excluding carboxylic acids is 3. The summed E-state index contributed by atoms with van der Waals surface area (Å²) in [4.78, 5) is 33.2. The number of amides is 1. The number of alkyl halides is 3. The van der Waals surface area contributed by atoms with Crippen molar-refractivity contribution in [1.29, 1.82) is 0 Å². The lowest BCUT2D eigenvalue weighted by Crippen LogP contribution is -2.45. The Morgan fingerprint density at radius 1 is 1.11 bits per heavy atom. The number of anilines is 1. The van der Waals surface area contributed by atoms with Crippen molar-refractivity contribution in [1.82, 2.24) is 10.1 Å². The van der Waals surface area contributed by atoms with E-state index in [1.54, 1.807) is 0 Å². The Labute approximate surface area is 202 Å². The van der Waals surface area contributed by atoms with Gasteiger partial charge in [-0.05, 0) is 36.8 Å². The van der Waals surface area contributed by atoms with Crippen LogP contribution in [0.1, 0.15) is 18.4 Å². The van der Waals surface area contributed by atoms with E-state index < -0.39 is 36.8 Å². The molecule has 188 valence electrons. The van der Waals surface area contributed by atoms with Gasteiger partial charge in [0.1, 0.15) is 25.4 Å². The van der Waals surface area contributed by atoms with Gasteiger partial charge >= 0.3 is 6.18 Å². The first-order valence-electron chi connectivity index (χ1n) is 9.65. The molecule has 0 spiro atoms. The Morgan fingerprint density at radius 3 is 2.23 bits per heavy atom. The first kappa shape index (κ1) is 29.2. The summed E-state index contributed by atoms with van der Waals surface area (Å²) in [6.07, 6.45) is -5.17. The molecule has 13 heteroatoms. The van der Waals surface area contributed by atoms with Crippen LogP contribution in [-0.4, -0.2) is 41.8 Å². The number of rotatable bonds is 8. The molecule has 0 bridgehead atoms. The number of nitrogens with zero attached hydrogens (tertiary/aromatic N) is 3. The predicted octanol–water partition coefficient (Wildman–Crippen LogP) is 4.36. The van der Waals surface area contributed by atoms with E-state index in [0.717, 1.165) is 6.39 Å². The molecule has 0 aliphatic rings. The van der Waals surface area contributed by atoms with E-state index >= 15 is 0 Å². The summed E-state index contributed by atoms with van der Waals surface area (Å²) in [6, 6.07) is 8.91. The Hall–Kier alpha value is -3.80. The Bertz CT molecular complexity index is 1060. The average molecular weight is 517 g/mol. The number of hydrogen-bond donors (Lipinski definition) is 1. The molecular weight excluding hydrogens is 496 g/mol. The largest absolute Gasteiger partial charge is 0.389 e. The minimum Gasteiger partial charge on any atom is -0.368 e. The van der Waals surface area contributed by atoms with Gasteiger partial charge in [-0.25, -0.2) is 4.39 Å². The van der Waals surface area contributed by atoms with Crippen molar-refractivity contribution in [3.8, 4) is 11.4 Å². The Balaban J connectivity index is 0.00000145. The molecule has 3 aromatic rings. The molecular formula is C22H21ClF4N4O4. The highest BCUT2D eigenvalue weighted by Gasteiger charge is 2.33. The molecule has 3 rings (SSSR count). The summed E-state index contributed by atoms with van der Waals surface area (Å²) in [5, 5.41) is 4.02. The van der Waals surface area contributed by atoms with Crippen LogP contribution in [0.4, 0.5) is 23.2 Å². The second-order valence-corrected chi connectivity index (χ2v) is 7.17. The standard InChI is InChI=1S/C20H17ClF4N4O2.2CH2O/c21-14-3-5-15(6-4-14)29(17(18(26)30)7-8-20(23,24)25)10-13-2-1-12(9-16(13)22)19-27-11-31-28-19;2*1-2/h1-6,9,11,17H,7-8,10H2,(H2,26,30);2*1H2/t17-;;/m1../s1. The minimum absolute atomic E-state index is 0.139. The number of primary amides is 1. The van der Waals surface area contributed by atoms with E-state index in [-0.39, 0.29) is 17.9 Å². The average Bonchev–Trinajstić information content (AvgIpc) is 3.37. The molecule has 0 saturated heterocycles. The summed E-state index contributed by atoms with van der Waals surface area (Å²) in [5.74, 6) is -1.43. The Morgan fingerprint density at radius 2 is 1.74 bits per heavy atom.